The summed E-state index contributed by atoms with van der Waals surface area (Å²) in [7, 11) is 0. The fourth-order valence-electron chi connectivity index (χ4n) is 3.13. The lowest BCUT2D eigenvalue weighted by Crippen LogP contribution is -2.50. The van der Waals surface area contributed by atoms with E-state index in [2.05, 4.69) is 15.1 Å². The lowest BCUT2D eigenvalue weighted by Gasteiger charge is -2.36. The first-order chi connectivity index (χ1) is 13.2. The quantitative estimate of drug-likeness (QED) is 0.802. The Morgan fingerprint density at radius 2 is 1.63 bits per heavy atom. The lowest BCUT2D eigenvalue weighted by molar-refractivity contribution is 0.0689. The van der Waals surface area contributed by atoms with Crippen LogP contribution >= 0.6 is 11.8 Å². The number of thioether (sulfide) groups is 1. The monoisotopic (exact) mass is 382 g/mol. The number of carbonyl (C=O) groups is 1. The van der Waals surface area contributed by atoms with Crippen LogP contribution in [0.5, 0.6) is 0 Å². The molecule has 0 spiro atoms. The van der Waals surface area contributed by atoms with E-state index in [0.29, 0.717) is 26.2 Å². The number of carbonyl (C=O) groups excluding carboxylic acids is 1. The highest BCUT2D eigenvalue weighted by atomic mass is 32.2. The predicted molar refractivity (Wildman–Crippen MR) is 107 cm³/mol. The number of piperazine rings is 1. The second-order valence-electron chi connectivity index (χ2n) is 6.34. The first-order valence-corrected chi connectivity index (χ1v) is 9.82. The Kier molecular flexibility index (Phi) is 5.20. The molecule has 5 nitrogen and oxygen atoms in total. The van der Waals surface area contributed by atoms with Crippen LogP contribution in [-0.2, 0) is 0 Å². The van der Waals surface area contributed by atoms with Crippen molar-refractivity contribution in [3.63, 3.8) is 0 Å². The van der Waals surface area contributed by atoms with Gasteiger partial charge >= 0.3 is 0 Å². The minimum Gasteiger partial charge on any atom is -0.346 e. The predicted octanol–water partition coefficient (Wildman–Crippen LogP) is 3.09. The van der Waals surface area contributed by atoms with Gasteiger partial charge in [0.15, 0.2) is 5.17 Å². The summed E-state index contributed by atoms with van der Waals surface area (Å²) in [5.41, 5.74) is 2.19. The number of hydrogen-bond donors (Lipinski definition) is 0. The van der Waals surface area contributed by atoms with Crippen molar-refractivity contribution in [2.75, 3.05) is 31.9 Å². The topological polar surface area (TPSA) is 48.3 Å². The molecule has 27 heavy (non-hydrogen) atoms. The molecule has 2 heterocycles. The zero-order chi connectivity index (χ0) is 18.6. The first-order valence-electron chi connectivity index (χ1n) is 8.84. The van der Waals surface area contributed by atoms with Crippen LogP contribution < -0.4 is 0 Å². The van der Waals surface area contributed by atoms with E-state index in [-0.39, 0.29) is 11.5 Å². The number of nitrogens with zero attached hydrogens (tertiary/aromatic N) is 4. The Labute approximate surface area is 161 Å². The van der Waals surface area contributed by atoms with Crippen LogP contribution in [0.2, 0.25) is 0 Å². The summed E-state index contributed by atoms with van der Waals surface area (Å²) in [5.74, 6) is 0.0484. The molecule has 0 N–H and O–H groups in total. The van der Waals surface area contributed by atoms with Gasteiger partial charge in [-0.2, -0.15) is 5.10 Å². The molecule has 0 aliphatic carbocycles. The third-order valence-electron chi connectivity index (χ3n) is 4.64. The van der Waals surface area contributed by atoms with Gasteiger partial charge in [0, 0.05) is 31.9 Å². The average molecular weight is 382 g/mol. The highest BCUT2D eigenvalue weighted by Gasteiger charge is 2.26. The summed E-state index contributed by atoms with van der Waals surface area (Å²) < 4.78 is 13.8. The van der Waals surface area contributed by atoms with Gasteiger partial charge in [-0.15, -0.1) is 5.10 Å². The molecular formula is C20H19FN4OS. The van der Waals surface area contributed by atoms with Crippen molar-refractivity contribution in [1.82, 2.24) is 9.80 Å². The molecule has 1 fully saturated rings. The maximum Gasteiger partial charge on any atom is 0.256 e. The molecule has 0 atom stereocenters. The Morgan fingerprint density at radius 3 is 2.30 bits per heavy atom. The first kappa shape index (κ1) is 17.7. The maximum atomic E-state index is 13.8. The van der Waals surface area contributed by atoms with Crippen molar-refractivity contribution in [1.29, 1.82) is 0 Å². The van der Waals surface area contributed by atoms with Crippen LogP contribution in [0.3, 0.4) is 0 Å². The Morgan fingerprint density at radius 1 is 0.926 bits per heavy atom. The summed E-state index contributed by atoms with van der Waals surface area (Å²) in [6, 6.07) is 16.2. The molecule has 0 unspecified atom stereocenters. The number of benzene rings is 2. The molecule has 0 aromatic heterocycles. The van der Waals surface area contributed by atoms with Crippen LogP contribution in [0.4, 0.5) is 4.39 Å². The molecule has 2 aliphatic rings. The number of hydrogen-bond acceptors (Lipinski definition) is 5. The summed E-state index contributed by atoms with van der Waals surface area (Å²) in [5, 5.41) is 9.65. The lowest BCUT2D eigenvalue weighted by atomic mass is 10.1. The summed E-state index contributed by atoms with van der Waals surface area (Å²) in [4.78, 5) is 16.3. The van der Waals surface area contributed by atoms with E-state index in [1.807, 2.05) is 30.3 Å². The van der Waals surface area contributed by atoms with Crippen LogP contribution in [0.25, 0.3) is 0 Å². The molecule has 0 saturated carbocycles. The molecule has 7 heteroatoms. The van der Waals surface area contributed by atoms with Crippen LogP contribution in [-0.4, -0.2) is 58.5 Å². The van der Waals surface area contributed by atoms with Crippen molar-refractivity contribution in [3.8, 4) is 0 Å². The molecule has 1 amide bonds. The van der Waals surface area contributed by atoms with Gasteiger partial charge < -0.3 is 9.80 Å². The van der Waals surface area contributed by atoms with Gasteiger partial charge in [0.2, 0.25) is 0 Å². The molecule has 0 radical (unpaired) electrons. The second kappa shape index (κ2) is 7.92. The minimum atomic E-state index is -0.472. The summed E-state index contributed by atoms with van der Waals surface area (Å²) in [6.07, 6.45) is 0. The smallest absolute Gasteiger partial charge is 0.256 e. The molecule has 138 valence electrons. The van der Waals surface area contributed by atoms with E-state index in [0.717, 1.165) is 22.2 Å². The van der Waals surface area contributed by atoms with Gasteiger partial charge in [0.1, 0.15) is 5.82 Å². The zero-order valence-electron chi connectivity index (χ0n) is 14.7. The normalized spacial score (nSPS) is 17.4. The molecular weight excluding hydrogens is 363 g/mol. The van der Waals surface area contributed by atoms with Crippen LogP contribution in [0, 0.1) is 5.82 Å². The van der Waals surface area contributed by atoms with Crippen molar-refractivity contribution < 1.29 is 9.18 Å². The van der Waals surface area contributed by atoms with E-state index in [4.69, 9.17) is 0 Å². The van der Waals surface area contributed by atoms with E-state index < -0.39 is 5.82 Å². The van der Waals surface area contributed by atoms with Gasteiger partial charge in [-0.1, -0.05) is 54.2 Å². The molecule has 1 saturated heterocycles. The third kappa shape index (κ3) is 3.88. The van der Waals surface area contributed by atoms with E-state index in [1.54, 1.807) is 28.8 Å². The molecule has 2 aliphatic heterocycles. The highest BCUT2D eigenvalue weighted by Crippen LogP contribution is 2.20. The molecule has 2 aromatic rings. The molecule has 0 bridgehead atoms. The Hall–Kier alpha value is -2.67. The van der Waals surface area contributed by atoms with Crippen molar-refractivity contribution in [2.24, 2.45) is 10.2 Å². The van der Waals surface area contributed by atoms with Crippen molar-refractivity contribution in [2.45, 2.75) is 0 Å². The number of amides is 1. The number of halogens is 1. The average Bonchev–Trinajstić information content (AvgIpc) is 2.74. The van der Waals surface area contributed by atoms with Crippen LogP contribution in [0.15, 0.2) is 64.8 Å². The van der Waals surface area contributed by atoms with Gasteiger partial charge in [-0.3, -0.25) is 4.79 Å². The Bertz CT molecular complexity index is 892. The summed E-state index contributed by atoms with van der Waals surface area (Å²) in [6.45, 7) is 2.43. The SMILES string of the molecule is O=C(c1ccccc1F)N1CCN(C2=NN=C(c3ccccc3)CS2)CC1. The molecule has 2 aromatic carbocycles. The number of rotatable bonds is 2. The zero-order valence-corrected chi connectivity index (χ0v) is 15.5. The third-order valence-corrected chi connectivity index (χ3v) is 5.66. The van der Waals surface area contributed by atoms with Crippen molar-refractivity contribution in [3.05, 3.63) is 71.5 Å². The second-order valence-corrected chi connectivity index (χ2v) is 7.29. The van der Waals surface area contributed by atoms with Crippen molar-refractivity contribution >= 4 is 28.5 Å². The fourth-order valence-corrected chi connectivity index (χ4v) is 4.08. The van der Waals surface area contributed by atoms with Crippen LogP contribution in [0.1, 0.15) is 15.9 Å². The van der Waals surface area contributed by atoms with E-state index >= 15 is 0 Å². The largest absolute Gasteiger partial charge is 0.346 e. The van der Waals surface area contributed by atoms with Gasteiger partial charge in [-0.05, 0) is 17.7 Å². The van der Waals surface area contributed by atoms with Gasteiger partial charge in [-0.25, -0.2) is 4.39 Å². The maximum absolute atomic E-state index is 13.8. The van der Waals surface area contributed by atoms with Gasteiger partial charge in [0.05, 0.1) is 11.3 Å². The van der Waals surface area contributed by atoms with E-state index in [9.17, 15) is 9.18 Å². The molecule has 4 rings (SSSR count). The van der Waals surface area contributed by atoms with Gasteiger partial charge in [0.25, 0.3) is 5.91 Å². The summed E-state index contributed by atoms with van der Waals surface area (Å²) >= 11 is 1.66. The number of amidine groups is 1. The fraction of sp³-hybridized carbons (Fsp3) is 0.250. The standard InChI is InChI=1S/C20H19FN4OS/c21-17-9-5-4-8-16(17)19(26)24-10-12-25(13-11-24)20-23-22-18(14-27-20)15-6-2-1-3-7-15/h1-9H,10-14H2. The highest BCUT2D eigenvalue weighted by molar-refractivity contribution is 8.14. The minimum absolute atomic E-state index is 0.132. The van der Waals surface area contributed by atoms with E-state index in [1.165, 1.54) is 12.1 Å². The Balaban J connectivity index is 1.39.